The lowest BCUT2D eigenvalue weighted by Gasteiger charge is -2.22. The molecule has 0 bridgehead atoms. The summed E-state index contributed by atoms with van der Waals surface area (Å²) in [6, 6.07) is 19.0. The van der Waals surface area contributed by atoms with Gasteiger partial charge in [-0.2, -0.15) is 4.99 Å². The van der Waals surface area contributed by atoms with Gasteiger partial charge in [0.05, 0.1) is 11.4 Å². The number of aliphatic imine (C=N–C) groups is 2. The number of amidine groups is 2. The number of aromatic nitrogens is 3. The van der Waals surface area contributed by atoms with Gasteiger partial charge in [0.25, 0.3) is 5.91 Å². The number of anilines is 1. The average Bonchev–Trinajstić information content (AvgIpc) is 3.63. The molecule has 14 heteroatoms. The van der Waals surface area contributed by atoms with Gasteiger partial charge in [-0.15, -0.1) is 18.3 Å². The van der Waals surface area contributed by atoms with Crippen molar-refractivity contribution in [2.75, 3.05) is 11.4 Å². The Hall–Kier alpha value is -4.17. The highest BCUT2D eigenvalue weighted by atomic mass is 32.2. The fourth-order valence-electron chi connectivity index (χ4n) is 4.96. The first-order chi connectivity index (χ1) is 22.9. The molecule has 1 atom stereocenters. The molecule has 0 radical (unpaired) electrons. The van der Waals surface area contributed by atoms with Gasteiger partial charge in [0.2, 0.25) is 5.50 Å². The van der Waals surface area contributed by atoms with Gasteiger partial charge in [0, 0.05) is 17.4 Å². The lowest BCUT2D eigenvalue weighted by atomic mass is 9.99. The smallest absolute Gasteiger partial charge is 0.406 e. The lowest BCUT2D eigenvalue weighted by Crippen LogP contribution is -2.32. The zero-order valence-electron chi connectivity index (χ0n) is 26.3. The Balaban J connectivity index is 1.14. The number of thioether (sulfide) groups is 2. The van der Waals surface area contributed by atoms with Crippen molar-refractivity contribution in [3.63, 3.8) is 0 Å². The molecule has 8 nitrogen and oxygen atoms in total. The predicted molar refractivity (Wildman–Crippen MR) is 183 cm³/mol. The number of ether oxygens (including phenoxy) is 1. The Morgan fingerprint density at radius 2 is 1.81 bits per heavy atom. The summed E-state index contributed by atoms with van der Waals surface area (Å²) in [6.45, 7) is 6.48. The Morgan fingerprint density at radius 3 is 2.48 bits per heavy atom. The normalized spacial score (nSPS) is 18.0. The number of benzene rings is 3. The monoisotopic (exact) mass is 696 g/mol. The summed E-state index contributed by atoms with van der Waals surface area (Å²) >= 11 is 2.38. The van der Waals surface area contributed by atoms with Crippen LogP contribution < -0.4 is 9.64 Å². The number of hydrogen-bond acceptors (Lipinski definition) is 7. The van der Waals surface area contributed by atoms with Gasteiger partial charge in [-0.05, 0) is 90.9 Å². The number of halogens is 4. The molecule has 1 saturated carbocycles. The number of nitrogens with zero attached hydrogens (tertiary/aromatic N) is 6. The number of alkyl halides is 4. The van der Waals surface area contributed by atoms with E-state index >= 15 is 0 Å². The maximum absolute atomic E-state index is 14.8. The molecule has 1 aromatic heterocycles. The molecule has 1 amide bonds. The maximum Gasteiger partial charge on any atom is 0.573 e. The molecule has 0 spiro atoms. The van der Waals surface area contributed by atoms with Gasteiger partial charge in [-0.3, -0.25) is 14.7 Å². The van der Waals surface area contributed by atoms with E-state index in [2.05, 4.69) is 14.8 Å². The van der Waals surface area contributed by atoms with Crippen LogP contribution in [0.1, 0.15) is 49.3 Å². The summed E-state index contributed by atoms with van der Waals surface area (Å²) in [6.07, 6.45) is -0.512. The highest BCUT2D eigenvalue weighted by Gasteiger charge is 2.41. The summed E-state index contributed by atoms with van der Waals surface area (Å²) in [7, 11) is 0. The summed E-state index contributed by atoms with van der Waals surface area (Å²) < 4.78 is 57.6. The highest BCUT2D eigenvalue weighted by molar-refractivity contribution is 8.17. The Labute approximate surface area is 283 Å². The second-order valence-corrected chi connectivity index (χ2v) is 14.0. The number of hydrogen-bond donors (Lipinski definition) is 0. The predicted octanol–water partition coefficient (Wildman–Crippen LogP) is 8.49. The average molecular weight is 697 g/mol. The third kappa shape index (κ3) is 8.27. The summed E-state index contributed by atoms with van der Waals surface area (Å²) in [5.74, 6) is -0.354. The molecule has 0 N–H and O–H groups in total. The van der Waals surface area contributed by atoms with Crippen LogP contribution in [0.25, 0.3) is 17.1 Å². The third-order valence-corrected chi connectivity index (χ3v) is 9.67. The van der Waals surface area contributed by atoms with Crippen molar-refractivity contribution in [1.29, 1.82) is 0 Å². The second kappa shape index (κ2) is 14.1. The minimum absolute atomic E-state index is 0.132. The van der Waals surface area contributed by atoms with E-state index < -0.39 is 17.8 Å². The first-order valence-corrected chi connectivity index (χ1v) is 17.1. The van der Waals surface area contributed by atoms with Crippen molar-refractivity contribution in [2.45, 2.75) is 63.1 Å². The minimum atomic E-state index is -4.76. The van der Waals surface area contributed by atoms with E-state index in [4.69, 9.17) is 9.98 Å². The van der Waals surface area contributed by atoms with E-state index in [9.17, 15) is 22.4 Å². The number of carbonyl (C=O) groups is 1. The van der Waals surface area contributed by atoms with Crippen LogP contribution in [0.15, 0.2) is 83.0 Å². The molecule has 2 heterocycles. The van der Waals surface area contributed by atoms with Gasteiger partial charge in [0.15, 0.2) is 16.2 Å². The molecule has 6 rings (SSSR count). The molecule has 2 fully saturated rings. The molecular formula is C34H32F4N6O2S2. The molecule has 48 heavy (non-hydrogen) atoms. The summed E-state index contributed by atoms with van der Waals surface area (Å²) in [5.41, 5.74) is 3.19. The molecule has 3 aromatic carbocycles. The Bertz CT molecular complexity index is 1840. The third-order valence-electron chi connectivity index (χ3n) is 7.54. The van der Waals surface area contributed by atoms with E-state index in [0.717, 1.165) is 46.9 Å². The highest BCUT2D eigenvalue weighted by Crippen LogP contribution is 2.39. The topological polar surface area (TPSA) is 85.0 Å². The molecular weight excluding hydrogens is 665 g/mol. The molecule has 1 aliphatic heterocycles. The molecule has 250 valence electrons. The van der Waals surface area contributed by atoms with Crippen molar-refractivity contribution in [1.82, 2.24) is 14.8 Å². The zero-order chi connectivity index (χ0) is 34.0. The van der Waals surface area contributed by atoms with E-state index in [0.29, 0.717) is 45.7 Å². The van der Waals surface area contributed by atoms with Crippen LogP contribution in [0, 0.1) is 6.92 Å². The maximum atomic E-state index is 14.8. The van der Waals surface area contributed by atoms with Crippen LogP contribution in [0.2, 0.25) is 0 Å². The summed E-state index contributed by atoms with van der Waals surface area (Å²) in [5, 5.41) is 5.70. The summed E-state index contributed by atoms with van der Waals surface area (Å²) in [4.78, 5) is 28.3. The molecule has 1 aliphatic carbocycles. The van der Waals surface area contributed by atoms with E-state index in [1.54, 1.807) is 11.8 Å². The Kier molecular flexibility index (Phi) is 9.93. The van der Waals surface area contributed by atoms with Crippen LogP contribution >= 0.6 is 23.5 Å². The number of aryl methyl sites for hydroxylation is 1. The fraction of sp³-hybridized carbons (Fsp3) is 0.324. The van der Waals surface area contributed by atoms with Crippen LogP contribution in [0.5, 0.6) is 5.75 Å². The van der Waals surface area contributed by atoms with Crippen molar-refractivity contribution in [3.05, 3.63) is 89.7 Å². The van der Waals surface area contributed by atoms with Gasteiger partial charge in [0.1, 0.15) is 12.1 Å². The van der Waals surface area contributed by atoms with Gasteiger partial charge < -0.3 is 4.74 Å². The number of rotatable bonds is 9. The second-order valence-electron chi connectivity index (χ2n) is 11.7. The SMILES string of the molecule is Cc1ccc(C(C)C)c(N2C(=O)C(F)S/C2=N\C(=NCCc2ccc(-c3ncn(-c4ccc(OC(F)(F)F)cc4)n3)cc2)SC2CC2)c1. The van der Waals surface area contributed by atoms with E-state index in [1.165, 1.54) is 40.2 Å². The lowest BCUT2D eigenvalue weighted by molar-refractivity contribution is -0.274. The van der Waals surface area contributed by atoms with E-state index in [1.807, 2.05) is 63.2 Å². The fourth-order valence-corrected chi connectivity index (χ4v) is 6.82. The van der Waals surface area contributed by atoms with Gasteiger partial charge in [-0.1, -0.05) is 62.0 Å². The standard InChI is InChI=1S/C34H32F4N6O2S2/c1-20(2)27-15-4-21(3)18-28(27)44-31(45)29(35)48-33(44)41-32(47-26-13-14-26)39-17-16-22-5-7-23(8-6-22)30-40-19-43(42-30)24-9-11-25(12-10-24)46-34(36,37)38/h4-12,15,18-20,26,29H,13-14,16-17H2,1-3H3/b39-32?,41-33-. The van der Waals surface area contributed by atoms with Crippen molar-refractivity contribution >= 4 is 45.5 Å². The van der Waals surface area contributed by atoms with Crippen molar-refractivity contribution in [3.8, 4) is 22.8 Å². The van der Waals surface area contributed by atoms with Crippen molar-refractivity contribution in [2.24, 2.45) is 9.98 Å². The molecule has 1 saturated heterocycles. The zero-order valence-corrected chi connectivity index (χ0v) is 27.9. The molecule has 1 unspecified atom stereocenters. The van der Waals surface area contributed by atoms with Crippen LogP contribution in [-0.4, -0.2) is 54.7 Å². The first kappa shape index (κ1) is 33.7. The largest absolute Gasteiger partial charge is 0.573 e. The quantitative estimate of drug-likeness (QED) is 0.0992. The van der Waals surface area contributed by atoms with Gasteiger partial charge in [-0.25, -0.2) is 14.1 Å². The Morgan fingerprint density at radius 1 is 1.08 bits per heavy atom. The van der Waals surface area contributed by atoms with E-state index in [-0.39, 0.29) is 11.7 Å². The van der Waals surface area contributed by atoms with Crippen LogP contribution in [-0.2, 0) is 11.2 Å². The van der Waals surface area contributed by atoms with Crippen LogP contribution in [0.3, 0.4) is 0 Å². The van der Waals surface area contributed by atoms with Crippen molar-refractivity contribution < 1.29 is 27.1 Å². The molecule has 4 aromatic rings. The first-order valence-electron chi connectivity index (χ1n) is 15.4. The van der Waals surface area contributed by atoms with Gasteiger partial charge >= 0.3 is 6.36 Å². The minimum Gasteiger partial charge on any atom is -0.406 e. The number of carbonyl (C=O) groups excluding carboxylic acids is 1. The van der Waals surface area contributed by atoms with Crippen LogP contribution in [0.4, 0.5) is 23.2 Å². The number of amides is 1. The molecule has 2 aliphatic rings.